The van der Waals surface area contributed by atoms with Crippen LogP contribution in [0.3, 0.4) is 0 Å². The van der Waals surface area contributed by atoms with E-state index in [2.05, 4.69) is 36.3 Å². The second-order valence-corrected chi connectivity index (χ2v) is 11.3. The van der Waals surface area contributed by atoms with Gasteiger partial charge in [-0.25, -0.2) is 9.82 Å². The van der Waals surface area contributed by atoms with Crippen LogP contribution in [0.1, 0.15) is 30.4 Å². The fraction of sp³-hybridized carbons (Fsp3) is 0.303. The molecule has 0 atom stereocenters. The normalized spacial score (nSPS) is 13.3. The molecule has 2 N–H and O–H groups in total. The molecular weight excluding hydrogens is 647 g/mol. The summed E-state index contributed by atoms with van der Waals surface area (Å²) in [5.74, 6) is 0.667. The van der Waals surface area contributed by atoms with Crippen molar-refractivity contribution in [2.24, 2.45) is 5.10 Å². The van der Waals surface area contributed by atoms with Crippen molar-refractivity contribution < 1.29 is 33.2 Å². The first-order valence-corrected chi connectivity index (χ1v) is 15.3. The zero-order chi connectivity index (χ0) is 31.8. The van der Waals surface area contributed by atoms with Gasteiger partial charge in [-0.1, -0.05) is 6.07 Å². The van der Waals surface area contributed by atoms with E-state index in [9.17, 15) is 9.90 Å². The average molecular weight is 682 g/mol. The number of rotatable bonds is 13. The molecule has 4 aromatic rings. The van der Waals surface area contributed by atoms with E-state index in [1.807, 2.05) is 0 Å². The first-order chi connectivity index (χ1) is 21.8. The van der Waals surface area contributed by atoms with E-state index in [-0.39, 0.29) is 23.7 Å². The number of hydrogen-bond acceptors (Lipinski definition) is 9. The minimum absolute atomic E-state index is 0.00209. The lowest BCUT2D eigenvalue weighted by molar-refractivity contribution is -0.120. The van der Waals surface area contributed by atoms with Gasteiger partial charge in [0, 0.05) is 24.2 Å². The number of pyridine rings is 1. The van der Waals surface area contributed by atoms with Gasteiger partial charge in [-0.05, 0) is 95.8 Å². The number of nitrogens with zero attached hydrogens (tertiary/aromatic N) is 3. The molecule has 0 radical (unpaired) electrons. The highest BCUT2D eigenvalue weighted by atomic mass is 79.9. The van der Waals surface area contributed by atoms with Crippen LogP contribution in [0.2, 0.25) is 0 Å². The highest BCUT2D eigenvalue weighted by molar-refractivity contribution is 9.10. The van der Waals surface area contributed by atoms with Gasteiger partial charge in [-0.15, -0.1) is 0 Å². The number of phenolic OH excluding ortho intramolecular Hbond substituents is 1. The zero-order valence-corrected chi connectivity index (χ0v) is 26.6. The number of hydrazone groups is 1. The van der Waals surface area contributed by atoms with Gasteiger partial charge in [0.05, 0.1) is 43.5 Å². The minimum atomic E-state index is -0.625. The Hall–Kier alpha value is -4.42. The van der Waals surface area contributed by atoms with Gasteiger partial charge in [0.15, 0.2) is 34.6 Å². The number of benzene rings is 3. The van der Waals surface area contributed by atoms with E-state index in [1.54, 1.807) is 49.7 Å². The summed E-state index contributed by atoms with van der Waals surface area (Å²) in [6.45, 7) is 3.86. The summed E-state index contributed by atoms with van der Waals surface area (Å²) in [5, 5.41) is 14.5. The smallest absolute Gasteiger partial charge is 0.244 e. The molecule has 5 rings (SSSR count). The summed E-state index contributed by atoms with van der Waals surface area (Å²) < 4.78 is 38.2. The molecule has 1 aliphatic rings. The number of aromatic nitrogens is 1. The fourth-order valence-corrected chi connectivity index (χ4v) is 5.51. The van der Waals surface area contributed by atoms with Crippen molar-refractivity contribution in [3.63, 3.8) is 0 Å². The molecule has 0 bridgehead atoms. The van der Waals surface area contributed by atoms with Gasteiger partial charge in [0.25, 0.3) is 0 Å². The quantitative estimate of drug-likeness (QED) is 0.0974. The first kappa shape index (κ1) is 32.0. The van der Waals surface area contributed by atoms with Crippen molar-refractivity contribution in [1.82, 2.24) is 15.3 Å². The Labute approximate surface area is 268 Å². The topological polar surface area (TPSA) is 115 Å². The van der Waals surface area contributed by atoms with Crippen LogP contribution < -0.4 is 24.4 Å². The number of amides is 1. The maximum atomic E-state index is 15.1. The lowest BCUT2D eigenvalue weighted by atomic mass is 10.1. The van der Waals surface area contributed by atoms with E-state index in [4.69, 9.17) is 18.9 Å². The van der Waals surface area contributed by atoms with Crippen LogP contribution in [0.25, 0.3) is 10.9 Å². The molecule has 12 heteroatoms. The van der Waals surface area contributed by atoms with Crippen LogP contribution in [0.5, 0.6) is 34.5 Å². The summed E-state index contributed by atoms with van der Waals surface area (Å²) in [4.78, 5) is 19.3. The third-order valence-corrected chi connectivity index (χ3v) is 7.92. The van der Waals surface area contributed by atoms with Gasteiger partial charge in [0.1, 0.15) is 5.75 Å². The molecule has 1 aromatic heterocycles. The summed E-state index contributed by atoms with van der Waals surface area (Å²) in [6, 6.07) is 12.7. The third kappa shape index (κ3) is 8.20. The molecule has 45 heavy (non-hydrogen) atoms. The highest BCUT2D eigenvalue weighted by Gasteiger charge is 2.16. The molecule has 2 heterocycles. The molecule has 10 nitrogen and oxygen atoms in total. The molecule has 0 saturated carbocycles. The highest BCUT2D eigenvalue weighted by Crippen LogP contribution is 2.38. The Kier molecular flexibility index (Phi) is 10.7. The number of halogens is 2. The molecule has 1 aliphatic heterocycles. The molecule has 0 aliphatic carbocycles. The molecular formula is C33H34BrFN4O6. The van der Waals surface area contributed by atoms with E-state index in [0.29, 0.717) is 50.4 Å². The molecule has 0 spiro atoms. The standard InChI is InChI=1S/C33H34BrFN4O6/c1-42-29-18-23-26(19-30(29)44-13-5-12-39-10-3-4-11-39)36-9-8-27(23)45-28-7-6-21(15-25(28)35)17-32(40)38-37-20-22-14-24(34)33(41)31(16-22)43-2/h6-9,14-16,18-20,41H,3-5,10-13,17H2,1-2H3,(H,38,40)/b37-20+. The lowest BCUT2D eigenvalue weighted by Crippen LogP contribution is -2.21. The monoisotopic (exact) mass is 680 g/mol. The molecule has 0 unspecified atom stereocenters. The van der Waals surface area contributed by atoms with Crippen LogP contribution in [-0.2, 0) is 11.2 Å². The summed E-state index contributed by atoms with van der Waals surface area (Å²) in [6.07, 6.45) is 6.32. The number of fused-ring (bicyclic) bond motifs is 1. The predicted octanol–water partition coefficient (Wildman–Crippen LogP) is 6.21. The maximum Gasteiger partial charge on any atom is 0.244 e. The van der Waals surface area contributed by atoms with E-state index >= 15 is 4.39 Å². The van der Waals surface area contributed by atoms with Crippen molar-refractivity contribution >= 4 is 39.0 Å². The third-order valence-electron chi connectivity index (χ3n) is 7.32. The SMILES string of the molecule is COc1cc2c(Oc3ccc(CC(=O)N/N=C/c4cc(Br)c(O)c(OC)c4)cc3F)ccnc2cc1OCCCN1CCCC1. The molecule has 3 aromatic carbocycles. The Morgan fingerprint density at radius 2 is 1.84 bits per heavy atom. The fourth-order valence-electron chi connectivity index (χ4n) is 5.05. The first-order valence-electron chi connectivity index (χ1n) is 14.5. The van der Waals surface area contributed by atoms with Crippen molar-refractivity contribution in [1.29, 1.82) is 0 Å². The van der Waals surface area contributed by atoms with Crippen LogP contribution in [0, 0.1) is 5.82 Å². The number of nitrogens with one attached hydrogen (secondary N) is 1. The van der Waals surface area contributed by atoms with Gasteiger partial charge < -0.3 is 29.0 Å². The van der Waals surface area contributed by atoms with Crippen LogP contribution in [0.15, 0.2) is 64.3 Å². The van der Waals surface area contributed by atoms with E-state index < -0.39 is 11.7 Å². The Bertz CT molecular complexity index is 1700. The van der Waals surface area contributed by atoms with Crippen molar-refractivity contribution in [2.45, 2.75) is 25.7 Å². The van der Waals surface area contributed by atoms with Gasteiger partial charge in [-0.2, -0.15) is 5.10 Å². The Balaban J connectivity index is 1.21. The van der Waals surface area contributed by atoms with Crippen molar-refractivity contribution in [3.05, 3.63) is 76.1 Å². The number of aromatic hydroxyl groups is 1. The van der Waals surface area contributed by atoms with Gasteiger partial charge in [-0.3, -0.25) is 9.78 Å². The summed E-state index contributed by atoms with van der Waals surface area (Å²) >= 11 is 3.24. The van der Waals surface area contributed by atoms with Crippen LogP contribution >= 0.6 is 15.9 Å². The van der Waals surface area contributed by atoms with Crippen molar-refractivity contribution in [3.8, 4) is 34.5 Å². The summed E-state index contributed by atoms with van der Waals surface area (Å²) in [7, 11) is 3.00. The van der Waals surface area contributed by atoms with E-state index in [1.165, 1.54) is 38.3 Å². The van der Waals surface area contributed by atoms with Gasteiger partial charge in [0.2, 0.25) is 5.91 Å². The number of carbonyl (C=O) groups is 1. The predicted molar refractivity (Wildman–Crippen MR) is 172 cm³/mol. The number of carbonyl (C=O) groups excluding carboxylic acids is 1. The number of ether oxygens (including phenoxy) is 4. The van der Waals surface area contributed by atoms with E-state index in [0.717, 1.165) is 26.1 Å². The van der Waals surface area contributed by atoms with Crippen molar-refractivity contribution in [2.75, 3.05) is 40.5 Å². The number of likely N-dealkylation sites (tertiary alicyclic amines) is 1. The minimum Gasteiger partial charge on any atom is -0.503 e. The molecule has 1 fully saturated rings. The summed E-state index contributed by atoms with van der Waals surface area (Å²) in [5.41, 5.74) is 4.06. The molecule has 1 amide bonds. The Morgan fingerprint density at radius 3 is 2.60 bits per heavy atom. The number of hydrogen-bond donors (Lipinski definition) is 2. The zero-order valence-electron chi connectivity index (χ0n) is 25.0. The lowest BCUT2D eigenvalue weighted by Gasteiger charge is -2.16. The number of methoxy groups -OCH3 is 2. The Morgan fingerprint density at radius 1 is 1.04 bits per heavy atom. The largest absolute Gasteiger partial charge is 0.503 e. The van der Waals surface area contributed by atoms with Gasteiger partial charge >= 0.3 is 0 Å². The molecule has 236 valence electrons. The average Bonchev–Trinajstić information content (AvgIpc) is 3.55. The second-order valence-electron chi connectivity index (χ2n) is 10.5. The maximum absolute atomic E-state index is 15.1. The van der Waals surface area contributed by atoms with Crippen LogP contribution in [0.4, 0.5) is 4.39 Å². The molecule has 1 saturated heterocycles. The number of phenols is 1. The second kappa shape index (κ2) is 15.0. The van der Waals surface area contributed by atoms with Crippen LogP contribution in [-0.4, -0.2) is 67.6 Å².